The van der Waals surface area contributed by atoms with Gasteiger partial charge in [0.25, 0.3) is 5.91 Å². The van der Waals surface area contributed by atoms with Crippen LogP contribution in [0.1, 0.15) is 35.6 Å². The van der Waals surface area contributed by atoms with Crippen molar-refractivity contribution in [3.63, 3.8) is 0 Å². The van der Waals surface area contributed by atoms with Crippen molar-refractivity contribution < 1.29 is 4.79 Å². The summed E-state index contributed by atoms with van der Waals surface area (Å²) in [5.41, 5.74) is 2.33. The van der Waals surface area contributed by atoms with E-state index in [0.717, 1.165) is 11.3 Å². The fraction of sp³-hybridized carbons (Fsp3) is 0.238. The van der Waals surface area contributed by atoms with Gasteiger partial charge in [-0.15, -0.1) is 0 Å². The summed E-state index contributed by atoms with van der Waals surface area (Å²) in [6.45, 7) is 5.09. The summed E-state index contributed by atoms with van der Waals surface area (Å²) in [5.74, 6) is 0.481. The van der Waals surface area contributed by atoms with Gasteiger partial charge in [-0.2, -0.15) is 0 Å². The first-order chi connectivity index (χ1) is 13.1. The zero-order chi connectivity index (χ0) is 19.1. The van der Waals surface area contributed by atoms with E-state index in [-0.39, 0.29) is 11.9 Å². The highest BCUT2D eigenvalue weighted by molar-refractivity contribution is 5.92. The van der Waals surface area contributed by atoms with Gasteiger partial charge in [0.15, 0.2) is 0 Å². The minimum absolute atomic E-state index is 0.0569. The molecule has 0 fully saturated rings. The third kappa shape index (κ3) is 5.10. The molecule has 1 aromatic carbocycles. The van der Waals surface area contributed by atoms with Crippen LogP contribution in [-0.4, -0.2) is 31.8 Å². The maximum atomic E-state index is 12.9. The SMILES string of the molecule is CC(C)N(Cc1ccccc1)C(=O)c1cnc(NCc2ccccn2)cn1. The number of carbonyl (C=O) groups excluding carboxylic acids is 1. The van der Waals surface area contributed by atoms with E-state index in [0.29, 0.717) is 24.6 Å². The summed E-state index contributed by atoms with van der Waals surface area (Å²) in [5, 5.41) is 3.16. The molecule has 0 saturated carbocycles. The van der Waals surface area contributed by atoms with Crippen LogP contribution in [0.2, 0.25) is 0 Å². The van der Waals surface area contributed by atoms with Crippen molar-refractivity contribution in [1.82, 2.24) is 19.9 Å². The number of rotatable bonds is 7. The molecule has 0 radical (unpaired) electrons. The molecule has 0 saturated heterocycles. The molecule has 0 spiro atoms. The highest BCUT2D eigenvalue weighted by atomic mass is 16.2. The van der Waals surface area contributed by atoms with Crippen LogP contribution >= 0.6 is 0 Å². The Hall–Kier alpha value is -3.28. The molecule has 6 heteroatoms. The summed E-state index contributed by atoms with van der Waals surface area (Å²) in [6.07, 6.45) is 4.85. The third-order valence-electron chi connectivity index (χ3n) is 4.13. The summed E-state index contributed by atoms with van der Waals surface area (Å²) in [4.78, 5) is 27.5. The second kappa shape index (κ2) is 8.89. The Labute approximate surface area is 159 Å². The number of benzene rings is 1. The van der Waals surface area contributed by atoms with Crippen molar-refractivity contribution in [1.29, 1.82) is 0 Å². The molecule has 0 aliphatic carbocycles. The number of amides is 1. The van der Waals surface area contributed by atoms with E-state index in [9.17, 15) is 4.79 Å². The number of nitrogens with zero attached hydrogens (tertiary/aromatic N) is 4. The van der Waals surface area contributed by atoms with Crippen molar-refractivity contribution in [3.8, 4) is 0 Å². The van der Waals surface area contributed by atoms with E-state index in [1.54, 1.807) is 17.3 Å². The third-order valence-corrected chi connectivity index (χ3v) is 4.13. The van der Waals surface area contributed by atoms with E-state index in [1.165, 1.54) is 6.20 Å². The molecule has 0 atom stereocenters. The van der Waals surface area contributed by atoms with Gasteiger partial charge in [-0.1, -0.05) is 36.4 Å². The second-order valence-electron chi connectivity index (χ2n) is 6.47. The number of hydrogen-bond donors (Lipinski definition) is 1. The molecule has 1 amide bonds. The highest BCUT2D eigenvalue weighted by Crippen LogP contribution is 2.13. The Morgan fingerprint density at radius 3 is 2.41 bits per heavy atom. The Morgan fingerprint density at radius 2 is 1.78 bits per heavy atom. The van der Waals surface area contributed by atoms with E-state index >= 15 is 0 Å². The Balaban J connectivity index is 1.66. The first kappa shape index (κ1) is 18.5. The summed E-state index contributed by atoms with van der Waals surface area (Å²) < 4.78 is 0. The van der Waals surface area contributed by atoms with Crippen molar-refractivity contribution in [2.24, 2.45) is 0 Å². The van der Waals surface area contributed by atoms with Gasteiger partial charge in [-0.25, -0.2) is 9.97 Å². The normalized spacial score (nSPS) is 10.6. The van der Waals surface area contributed by atoms with Crippen LogP contribution in [-0.2, 0) is 13.1 Å². The van der Waals surface area contributed by atoms with E-state index < -0.39 is 0 Å². The molecule has 2 heterocycles. The summed E-state index contributed by atoms with van der Waals surface area (Å²) in [7, 11) is 0. The minimum Gasteiger partial charge on any atom is -0.363 e. The molecule has 0 bridgehead atoms. The molecular weight excluding hydrogens is 338 g/mol. The molecule has 2 aromatic heterocycles. The average Bonchev–Trinajstić information content (AvgIpc) is 2.72. The van der Waals surface area contributed by atoms with Gasteiger partial charge in [0.05, 0.1) is 24.6 Å². The quantitative estimate of drug-likeness (QED) is 0.697. The predicted molar refractivity (Wildman–Crippen MR) is 105 cm³/mol. The van der Waals surface area contributed by atoms with E-state index in [4.69, 9.17) is 0 Å². The largest absolute Gasteiger partial charge is 0.363 e. The van der Waals surface area contributed by atoms with Gasteiger partial charge in [0.2, 0.25) is 0 Å². The number of anilines is 1. The Kier molecular flexibility index (Phi) is 6.10. The standard InChI is InChI=1S/C21H23N5O/c1-16(2)26(15-17-8-4-3-5-9-17)21(27)19-13-25-20(14-23-19)24-12-18-10-6-7-11-22-18/h3-11,13-14,16H,12,15H2,1-2H3,(H,24,25). The van der Waals surface area contributed by atoms with Crippen LogP contribution in [0.3, 0.4) is 0 Å². The van der Waals surface area contributed by atoms with Gasteiger partial charge < -0.3 is 10.2 Å². The molecule has 1 N–H and O–H groups in total. The summed E-state index contributed by atoms with van der Waals surface area (Å²) in [6, 6.07) is 15.7. The fourth-order valence-corrected chi connectivity index (χ4v) is 2.63. The van der Waals surface area contributed by atoms with Crippen molar-refractivity contribution >= 4 is 11.7 Å². The van der Waals surface area contributed by atoms with Gasteiger partial charge in [0, 0.05) is 18.8 Å². The first-order valence-electron chi connectivity index (χ1n) is 8.94. The topological polar surface area (TPSA) is 71.0 Å². The molecule has 0 aliphatic heterocycles. The number of aromatic nitrogens is 3. The fourth-order valence-electron chi connectivity index (χ4n) is 2.63. The number of hydrogen-bond acceptors (Lipinski definition) is 5. The zero-order valence-electron chi connectivity index (χ0n) is 15.5. The molecule has 6 nitrogen and oxygen atoms in total. The molecule has 0 aliphatic rings. The number of pyridine rings is 1. The van der Waals surface area contributed by atoms with Crippen LogP contribution in [0.5, 0.6) is 0 Å². The zero-order valence-corrected chi connectivity index (χ0v) is 15.5. The lowest BCUT2D eigenvalue weighted by Crippen LogP contribution is -2.36. The van der Waals surface area contributed by atoms with Crippen LogP contribution in [0.4, 0.5) is 5.82 Å². The second-order valence-corrected chi connectivity index (χ2v) is 6.47. The van der Waals surface area contributed by atoms with Gasteiger partial charge in [-0.05, 0) is 31.5 Å². The minimum atomic E-state index is -0.127. The molecule has 3 rings (SSSR count). The first-order valence-corrected chi connectivity index (χ1v) is 8.94. The van der Waals surface area contributed by atoms with Crippen molar-refractivity contribution in [3.05, 3.63) is 84.1 Å². The number of carbonyl (C=O) groups is 1. The van der Waals surface area contributed by atoms with Gasteiger partial charge in [0.1, 0.15) is 11.5 Å². The van der Waals surface area contributed by atoms with Crippen molar-refractivity contribution in [2.75, 3.05) is 5.32 Å². The summed E-state index contributed by atoms with van der Waals surface area (Å²) >= 11 is 0. The highest BCUT2D eigenvalue weighted by Gasteiger charge is 2.20. The van der Waals surface area contributed by atoms with Crippen LogP contribution in [0.25, 0.3) is 0 Å². The smallest absolute Gasteiger partial charge is 0.274 e. The van der Waals surface area contributed by atoms with E-state index in [1.807, 2.05) is 62.4 Å². The molecule has 3 aromatic rings. The van der Waals surface area contributed by atoms with Crippen LogP contribution < -0.4 is 5.32 Å². The maximum Gasteiger partial charge on any atom is 0.274 e. The Morgan fingerprint density at radius 1 is 1.00 bits per heavy atom. The predicted octanol–water partition coefficient (Wildman–Crippen LogP) is 3.53. The average molecular weight is 361 g/mol. The molecule has 0 unspecified atom stereocenters. The van der Waals surface area contributed by atoms with Gasteiger partial charge >= 0.3 is 0 Å². The lowest BCUT2D eigenvalue weighted by atomic mass is 10.2. The lowest BCUT2D eigenvalue weighted by Gasteiger charge is -2.26. The van der Waals surface area contributed by atoms with Gasteiger partial charge in [-0.3, -0.25) is 9.78 Å². The Bertz CT molecular complexity index is 851. The number of nitrogens with one attached hydrogen (secondary N) is 1. The molecule has 27 heavy (non-hydrogen) atoms. The maximum absolute atomic E-state index is 12.9. The monoisotopic (exact) mass is 361 g/mol. The van der Waals surface area contributed by atoms with E-state index in [2.05, 4.69) is 20.3 Å². The van der Waals surface area contributed by atoms with Crippen molar-refractivity contribution in [2.45, 2.75) is 33.0 Å². The lowest BCUT2D eigenvalue weighted by molar-refractivity contribution is 0.0684. The van der Waals surface area contributed by atoms with Crippen LogP contribution in [0.15, 0.2) is 67.1 Å². The van der Waals surface area contributed by atoms with Crippen LogP contribution in [0, 0.1) is 0 Å². The molecular formula is C21H23N5O. The molecule has 138 valence electrons.